The van der Waals surface area contributed by atoms with E-state index in [9.17, 15) is 17.7 Å². The van der Waals surface area contributed by atoms with Gasteiger partial charge in [0.2, 0.25) is 0 Å². The molecule has 0 aliphatic heterocycles. The first-order valence-electron chi connectivity index (χ1n) is 6.81. The van der Waals surface area contributed by atoms with Gasteiger partial charge in [-0.1, -0.05) is 12.1 Å². The van der Waals surface area contributed by atoms with Crippen LogP contribution in [0.15, 0.2) is 18.2 Å². The number of benzene rings is 1. The average Bonchev–Trinajstić information content (AvgIpc) is 2.36. The van der Waals surface area contributed by atoms with Crippen molar-refractivity contribution in [3.8, 4) is 0 Å². The highest BCUT2D eigenvalue weighted by molar-refractivity contribution is 7.90. The van der Waals surface area contributed by atoms with E-state index in [1.165, 1.54) is 19.1 Å². The second-order valence-corrected chi connectivity index (χ2v) is 7.60. The third-order valence-electron chi connectivity index (χ3n) is 2.80. The molecule has 0 saturated carbocycles. The van der Waals surface area contributed by atoms with Gasteiger partial charge in [0.1, 0.15) is 17.2 Å². The van der Waals surface area contributed by atoms with Gasteiger partial charge >= 0.3 is 0 Å². The van der Waals surface area contributed by atoms with Gasteiger partial charge in [0.15, 0.2) is 0 Å². The molecular weight excluding hydrogens is 303 g/mol. The van der Waals surface area contributed by atoms with E-state index in [4.69, 9.17) is 6.48 Å². The van der Waals surface area contributed by atoms with Crippen molar-refractivity contribution in [3.05, 3.63) is 35.1 Å². The lowest BCUT2D eigenvalue weighted by Gasteiger charge is -2.27. The lowest BCUT2D eigenvalue weighted by atomic mass is 10.0. The van der Waals surface area contributed by atoms with E-state index in [-0.39, 0.29) is 5.56 Å². The summed E-state index contributed by atoms with van der Waals surface area (Å²) in [6.07, 6.45) is 0. The molecular formula is C14H20F3NO2S. The zero-order valence-corrected chi connectivity index (χ0v) is 13.2. The van der Waals surface area contributed by atoms with Gasteiger partial charge in [-0.15, -0.1) is 4.72 Å². The van der Waals surface area contributed by atoms with Gasteiger partial charge in [0.25, 0.3) is 5.92 Å². The van der Waals surface area contributed by atoms with Gasteiger partial charge in [-0.25, -0.2) is 4.39 Å². The molecule has 1 aromatic rings. The smallest absolute Gasteiger partial charge is 0.298 e. The van der Waals surface area contributed by atoms with Crippen molar-refractivity contribution in [1.29, 1.82) is 0 Å². The molecule has 0 radical (unpaired) electrons. The summed E-state index contributed by atoms with van der Waals surface area (Å²) in [4.78, 5) is 0. The van der Waals surface area contributed by atoms with E-state index in [1.807, 2.05) is 0 Å². The molecule has 21 heavy (non-hydrogen) atoms. The second-order valence-electron chi connectivity index (χ2n) is 5.64. The van der Waals surface area contributed by atoms with Gasteiger partial charge in [-0.2, -0.15) is 8.78 Å². The minimum atomic E-state index is -3.75. The summed E-state index contributed by atoms with van der Waals surface area (Å²) in [6, 6.07) is 1.33. The minimum absolute atomic E-state index is 0.365. The summed E-state index contributed by atoms with van der Waals surface area (Å²) in [6.45, 7) is 4.69. The summed E-state index contributed by atoms with van der Waals surface area (Å²) in [7, 11) is 0. The second kappa shape index (κ2) is 6.56. The normalized spacial score (nSPS) is 18.0. The molecule has 3 nitrogen and oxygen atoms in total. The van der Waals surface area contributed by atoms with E-state index in [1.54, 1.807) is 20.8 Å². The minimum Gasteiger partial charge on any atom is -0.598 e. The quantitative estimate of drug-likeness (QED) is 0.819. The summed E-state index contributed by atoms with van der Waals surface area (Å²) in [5.41, 5.74) is -1.36. The number of rotatable bonds is 5. The Hall–Kier alpha value is -0.760. The van der Waals surface area contributed by atoms with Crippen LogP contribution in [0.1, 0.15) is 46.2 Å². The van der Waals surface area contributed by atoms with Crippen LogP contribution < -0.4 is 4.72 Å². The molecule has 0 unspecified atom stereocenters. The molecule has 2 atom stereocenters. The fraction of sp³-hybridized carbons (Fsp3) is 0.571. The highest BCUT2D eigenvalue weighted by Crippen LogP contribution is 2.32. The fourth-order valence-electron chi connectivity index (χ4n) is 1.54. The number of nitrogens with one attached hydrogen (secondary N) is 1. The van der Waals surface area contributed by atoms with E-state index in [0.717, 1.165) is 6.07 Å². The van der Waals surface area contributed by atoms with Crippen LogP contribution in [0.3, 0.4) is 0 Å². The lowest BCUT2D eigenvalue weighted by molar-refractivity contribution is -0.0584. The van der Waals surface area contributed by atoms with Crippen LogP contribution in [-0.2, 0) is 17.3 Å². The first-order chi connectivity index (χ1) is 9.83. The highest BCUT2D eigenvalue weighted by Gasteiger charge is 2.36. The van der Waals surface area contributed by atoms with Crippen LogP contribution >= 0.6 is 0 Å². The van der Waals surface area contributed by atoms with Gasteiger partial charge in [-0.3, -0.25) is 0 Å². The molecule has 0 aromatic heterocycles. The summed E-state index contributed by atoms with van der Waals surface area (Å²) in [5.74, 6) is -5.04. The standard InChI is InChI=1S/C14H20F3NO2S/c1-9(18-21(20)13(2,3)4)10-6-5-7-11(12(10)15)14(16,17)8-19/h5-7,9,18-19H,8H2,1-4H3/t9-,21-/m1/s1/i9D. The molecule has 1 aromatic carbocycles. The number of halogens is 3. The molecule has 0 heterocycles. The molecule has 120 valence electrons. The van der Waals surface area contributed by atoms with Gasteiger partial charge in [-0.05, 0) is 33.8 Å². The summed E-state index contributed by atoms with van der Waals surface area (Å²) < 4.78 is 63.4. The molecule has 1 rings (SSSR count). The van der Waals surface area contributed by atoms with Crippen molar-refractivity contribution < 1.29 is 24.2 Å². The van der Waals surface area contributed by atoms with E-state index in [2.05, 4.69) is 4.72 Å². The molecule has 0 amide bonds. The Morgan fingerprint density at radius 1 is 1.43 bits per heavy atom. The van der Waals surface area contributed by atoms with Crippen molar-refractivity contribution in [2.45, 2.75) is 44.4 Å². The maximum atomic E-state index is 14.3. The van der Waals surface area contributed by atoms with E-state index in [0.29, 0.717) is 0 Å². The number of hydrogen-bond donors (Lipinski definition) is 2. The van der Waals surface area contributed by atoms with Crippen molar-refractivity contribution in [1.82, 2.24) is 4.72 Å². The number of alkyl halides is 2. The third-order valence-corrected chi connectivity index (χ3v) is 4.40. The van der Waals surface area contributed by atoms with E-state index < -0.39 is 46.0 Å². The molecule has 0 bridgehead atoms. The van der Waals surface area contributed by atoms with Gasteiger partial charge in [0, 0.05) is 16.9 Å². The Morgan fingerprint density at radius 2 is 2.00 bits per heavy atom. The van der Waals surface area contributed by atoms with Crippen molar-refractivity contribution in [2.24, 2.45) is 0 Å². The number of aliphatic hydroxyl groups excluding tert-OH is 1. The predicted octanol–water partition coefficient (Wildman–Crippen LogP) is 3.02. The maximum Gasteiger partial charge on any atom is 0.298 e. The lowest BCUT2D eigenvalue weighted by Crippen LogP contribution is -2.40. The zero-order valence-electron chi connectivity index (χ0n) is 13.3. The molecule has 2 N–H and O–H groups in total. The first kappa shape index (κ1) is 16.6. The molecule has 0 spiro atoms. The third kappa shape index (κ3) is 4.35. The Morgan fingerprint density at radius 3 is 2.48 bits per heavy atom. The SMILES string of the molecule is [2H][C@](C)(N[S@+]([O-])C(C)(C)C)c1cccc(C(F)(F)CO)c1F. The zero-order chi connectivity index (χ0) is 17.3. The summed E-state index contributed by atoms with van der Waals surface area (Å²) >= 11 is -1.69. The molecule has 0 fully saturated rings. The van der Waals surface area contributed by atoms with Crippen molar-refractivity contribution in [3.63, 3.8) is 0 Å². The summed E-state index contributed by atoms with van der Waals surface area (Å²) in [5, 5.41) is 8.69. The van der Waals surface area contributed by atoms with Crippen LogP contribution in [0.4, 0.5) is 13.2 Å². The monoisotopic (exact) mass is 324 g/mol. The van der Waals surface area contributed by atoms with Crippen LogP contribution in [-0.4, -0.2) is 21.0 Å². The van der Waals surface area contributed by atoms with Crippen LogP contribution in [0.25, 0.3) is 0 Å². The topological polar surface area (TPSA) is 55.3 Å². The van der Waals surface area contributed by atoms with Crippen LogP contribution in [0.2, 0.25) is 0 Å². The molecule has 0 saturated heterocycles. The number of aliphatic hydroxyl groups is 1. The Balaban J connectivity index is 3.24. The van der Waals surface area contributed by atoms with Gasteiger partial charge < -0.3 is 9.66 Å². The average molecular weight is 324 g/mol. The maximum absolute atomic E-state index is 14.3. The van der Waals surface area contributed by atoms with Crippen molar-refractivity contribution in [2.75, 3.05) is 6.61 Å². The molecule has 0 aliphatic rings. The molecule has 7 heteroatoms. The first-order valence-corrected chi connectivity index (χ1v) is 7.46. The molecule has 0 aliphatic carbocycles. The largest absolute Gasteiger partial charge is 0.598 e. The number of hydrogen-bond acceptors (Lipinski definition) is 3. The van der Waals surface area contributed by atoms with E-state index >= 15 is 0 Å². The van der Waals surface area contributed by atoms with Crippen LogP contribution in [0, 0.1) is 5.82 Å². The Labute approximate surface area is 127 Å². The Bertz CT molecular complexity index is 535. The van der Waals surface area contributed by atoms with Crippen LogP contribution in [0.5, 0.6) is 0 Å². The predicted molar refractivity (Wildman–Crippen MR) is 76.8 cm³/mol. The Kier molecular flexibility index (Phi) is 5.19. The van der Waals surface area contributed by atoms with Crippen molar-refractivity contribution >= 4 is 11.4 Å². The fourth-order valence-corrected chi connectivity index (χ4v) is 2.23. The highest BCUT2D eigenvalue weighted by atomic mass is 32.2. The van der Waals surface area contributed by atoms with Gasteiger partial charge in [0.05, 0.1) is 13.0 Å².